The third kappa shape index (κ3) is 14.3. The first-order valence-electron chi connectivity index (χ1n) is 8.00. The van der Waals surface area contributed by atoms with E-state index in [1.807, 2.05) is 19.0 Å². The number of hydrogen-bond acceptors (Lipinski definition) is 4. The molecule has 0 aliphatic carbocycles. The van der Waals surface area contributed by atoms with Gasteiger partial charge in [0, 0.05) is 0 Å². The Hall–Kier alpha value is -0.130. The monoisotopic (exact) mass is 307 g/mol. The van der Waals surface area contributed by atoms with E-state index in [4.69, 9.17) is 4.18 Å². The minimum absolute atomic E-state index is 0.127. The third-order valence-corrected chi connectivity index (χ3v) is 4.57. The molecule has 0 saturated heterocycles. The first-order valence-corrected chi connectivity index (χ1v) is 9.57. The van der Waals surface area contributed by atoms with Crippen LogP contribution in [0.5, 0.6) is 0 Å². The Morgan fingerprint density at radius 2 is 1.40 bits per heavy atom. The van der Waals surface area contributed by atoms with Crippen molar-refractivity contribution in [3.05, 3.63) is 0 Å². The van der Waals surface area contributed by atoms with Crippen LogP contribution in [0, 0.1) is 0 Å². The number of nitrogens with zero attached hydrogens (tertiary/aromatic N) is 1. The Morgan fingerprint density at radius 1 is 0.850 bits per heavy atom. The van der Waals surface area contributed by atoms with E-state index in [1.54, 1.807) is 0 Å². The molecule has 122 valence electrons. The molecule has 0 aromatic rings. The Labute approximate surface area is 126 Å². The van der Waals surface area contributed by atoms with E-state index >= 15 is 0 Å². The number of rotatable bonds is 14. The molecule has 0 saturated carbocycles. The largest absolute Gasteiger partial charge is 0.309 e. The quantitative estimate of drug-likeness (QED) is 0.364. The van der Waals surface area contributed by atoms with Crippen molar-refractivity contribution in [3.63, 3.8) is 0 Å². The molecular formula is C15H33NO3S. The molecule has 0 rings (SSSR count). The fourth-order valence-electron chi connectivity index (χ4n) is 2.04. The molecule has 0 aromatic carbocycles. The highest BCUT2D eigenvalue weighted by molar-refractivity contribution is 7.86. The molecule has 0 unspecified atom stereocenters. The highest BCUT2D eigenvalue weighted by atomic mass is 32.2. The summed E-state index contributed by atoms with van der Waals surface area (Å²) in [7, 11) is 0.568. The average molecular weight is 308 g/mol. The van der Waals surface area contributed by atoms with Crippen LogP contribution in [0.25, 0.3) is 0 Å². The lowest BCUT2D eigenvalue weighted by Gasteiger charge is -2.09. The molecular weight excluding hydrogens is 274 g/mol. The van der Waals surface area contributed by atoms with Crippen LogP contribution in [0.2, 0.25) is 0 Å². The molecule has 0 aliphatic heterocycles. The van der Waals surface area contributed by atoms with Crippen LogP contribution in [0.4, 0.5) is 0 Å². The van der Waals surface area contributed by atoms with Gasteiger partial charge in [-0.2, -0.15) is 8.42 Å². The molecule has 0 spiro atoms. The molecule has 0 aliphatic rings. The first kappa shape index (κ1) is 19.9. The zero-order valence-electron chi connectivity index (χ0n) is 13.6. The predicted octanol–water partition coefficient (Wildman–Crippen LogP) is 3.43. The number of unbranched alkanes of at least 4 members (excludes halogenated alkanes) is 7. The van der Waals surface area contributed by atoms with Gasteiger partial charge >= 0.3 is 0 Å². The van der Waals surface area contributed by atoms with E-state index in [9.17, 15) is 8.42 Å². The lowest BCUT2D eigenvalue weighted by atomic mass is 10.1. The molecule has 0 fully saturated rings. The maximum atomic E-state index is 11.6. The van der Waals surface area contributed by atoms with Crippen LogP contribution in [-0.4, -0.2) is 46.3 Å². The van der Waals surface area contributed by atoms with Gasteiger partial charge < -0.3 is 4.90 Å². The molecule has 0 amide bonds. The van der Waals surface area contributed by atoms with Gasteiger partial charge in [0.15, 0.2) is 0 Å². The van der Waals surface area contributed by atoms with Gasteiger partial charge in [-0.3, -0.25) is 4.18 Å². The van der Waals surface area contributed by atoms with E-state index in [1.165, 1.54) is 38.5 Å². The molecule has 4 nitrogen and oxygen atoms in total. The summed E-state index contributed by atoms with van der Waals surface area (Å²) < 4.78 is 28.2. The summed E-state index contributed by atoms with van der Waals surface area (Å²) in [4.78, 5) is 1.98. The van der Waals surface area contributed by atoms with Crippen molar-refractivity contribution in [2.45, 2.75) is 64.7 Å². The summed E-state index contributed by atoms with van der Waals surface area (Å²) in [6.07, 6.45) is 10.2. The van der Waals surface area contributed by atoms with E-state index in [-0.39, 0.29) is 5.75 Å². The van der Waals surface area contributed by atoms with E-state index in [0.29, 0.717) is 13.0 Å². The maximum Gasteiger partial charge on any atom is 0.267 e. The van der Waals surface area contributed by atoms with Crippen LogP contribution in [-0.2, 0) is 14.3 Å². The van der Waals surface area contributed by atoms with Gasteiger partial charge in [-0.05, 0) is 33.5 Å². The normalized spacial score (nSPS) is 12.2. The van der Waals surface area contributed by atoms with Gasteiger partial charge in [0.1, 0.15) is 0 Å². The van der Waals surface area contributed by atoms with Crippen LogP contribution in [0.3, 0.4) is 0 Å². The van der Waals surface area contributed by atoms with E-state index in [2.05, 4.69) is 6.92 Å². The van der Waals surface area contributed by atoms with Crippen molar-refractivity contribution in [2.24, 2.45) is 0 Å². The summed E-state index contributed by atoms with van der Waals surface area (Å²) >= 11 is 0. The first-order chi connectivity index (χ1) is 9.48. The Morgan fingerprint density at radius 3 is 1.95 bits per heavy atom. The average Bonchev–Trinajstić information content (AvgIpc) is 2.36. The van der Waals surface area contributed by atoms with Crippen molar-refractivity contribution < 1.29 is 12.6 Å². The predicted molar refractivity (Wildman–Crippen MR) is 85.5 cm³/mol. The SMILES string of the molecule is CCCCCCCCCCOS(=O)(=O)CCCN(C)C. The molecule has 5 heteroatoms. The molecule has 0 aromatic heterocycles. The van der Waals surface area contributed by atoms with Gasteiger partial charge in [-0.15, -0.1) is 0 Å². The van der Waals surface area contributed by atoms with Crippen molar-refractivity contribution in [2.75, 3.05) is 33.0 Å². The van der Waals surface area contributed by atoms with E-state index in [0.717, 1.165) is 19.4 Å². The van der Waals surface area contributed by atoms with Gasteiger partial charge in [-0.1, -0.05) is 51.9 Å². The van der Waals surface area contributed by atoms with Crippen LogP contribution in [0.1, 0.15) is 64.7 Å². The fraction of sp³-hybridized carbons (Fsp3) is 1.00. The number of hydrogen-bond donors (Lipinski definition) is 0. The van der Waals surface area contributed by atoms with Crippen molar-refractivity contribution in [3.8, 4) is 0 Å². The van der Waals surface area contributed by atoms with Gasteiger partial charge in [0.2, 0.25) is 0 Å². The molecule has 0 atom stereocenters. The highest BCUT2D eigenvalue weighted by Crippen LogP contribution is 2.09. The smallest absolute Gasteiger partial charge is 0.267 e. The van der Waals surface area contributed by atoms with Crippen LogP contribution >= 0.6 is 0 Å². The minimum Gasteiger partial charge on any atom is -0.309 e. The minimum atomic E-state index is -3.31. The van der Waals surface area contributed by atoms with Crippen molar-refractivity contribution >= 4 is 10.1 Å². The summed E-state index contributed by atoms with van der Waals surface area (Å²) in [5, 5.41) is 0. The summed E-state index contributed by atoms with van der Waals surface area (Å²) in [6, 6.07) is 0. The third-order valence-electron chi connectivity index (χ3n) is 3.26. The second-order valence-corrected chi connectivity index (χ2v) is 7.47. The second kappa shape index (κ2) is 12.6. The lowest BCUT2D eigenvalue weighted by Crippen LogP contribution is -2.18. The summed E-state index contributed by atoms with van der Waals surface area (Å²) in [5.41, 5.74) is 0. The molecule has 0 N–H and O–H groups in total. The Kier molecular flexibility index (Phi) is 12.5. The summed E-state index contributed by atoms with van der Waals surface area (Å²) in [5.74, 6) is 0.127. The summed E-state index contributed by atoms with van der Waals surface area (Å²) in [6.45, 7) is 3.34. The molecule has 0 bridgehead atoms. The van der Waals surface area contributed by atoms with Crippen LogP contribution in [0.15, 0.2) is 0 Å². The molecule has 0 heterocycles. The van der Waals surface area contributed by atoms with Crippen LogP contribution < -0.4 is 0 Å². The van der Waals surface area contributed by atoms with Gasteiger partial charge in [-0.25, -0.2) is 0 Å². The van der Waals surface area contributed by atoms with Gasteiger partial charge in [0.05, 0.1) is 12.4 Å². The topological polar surface area (TPSA) is 46.6 Å². The lowest BCUT2D eigenvalue weighted by molar-refractivity contribution is 0.304. The second-order valence-electron chi connectivity index (χ2n) is 5.72. The molecule has 20 heavy (non-hydrogen) atoms. The van der Waals surface area contributed by atoms with Crippen molar-refractivity contribution in [1.82, 2.24) is 4.90 Å². The molecule has 0 radical (unpaired) electrons. The Bertz CT molecular complexity index is 302. The standard InChI is InChI=1S/C15H33NO3S/c1-4-5-6-7-8-9-10-11-14-19-20(17,18)15-12-13-16(2)3/h4-15H2,1-3H3. The zero-order valence-corrected chi connectivity index (χ0v) is 14.4. The van der Waals surface area contributed by atoms with Crippen molar-refractivity contribution in [1.29, 1.82) is 0 Å². The zero-order chi connectivity index (χ0) is 15.3. The highest BCUT2D eigenvalue weighted by Gasteiger charge is 2.10. The maximum absolute atomic E-state index is 11.6. The fourth-order valence-corrected chi connectivity index (χ4v) is 3.01. The van der Waals surface area contributed by atoms with Gasteiger partial charge in [0.25, 0.3) is 10.1 Å². The van der Waals surface area contributed by atoms with E-state index < -0.39 is 10.1 Å². The Balaban J connectivity index is 3.40.